The number of benzene rings is 2. The van der Waals surface area contributed by atoms with E-state index in [0.717, 1.165) is 12.0 Å². The predicted octanol–water partition coefficient (Wildman–Crippen LogP) is 2.23. The molecule has 0 atom stereocenters. The fourth-order valence-electron chi connectivity index (χ4n) is 2.85. The van der Waals surface area contributed by atoms with Gasteiger partial charge in [-0.1, -0.05) is 42.5 Å². The van der Waals surface area contributed by atoms with Crippen LogP contribution >= 0.6 is 0 Å². The zero-order valence-electron chi connectivity index (χ0n) is 12.7. The Balaban J connectivity index is 1.62. The molecule has 0 radical (unpaired) electrons. The molecule has 1 aliphatic rings. The van der Waals surface area contributed by atoms with Crippen LogP contribution in [-0.2, 0) is 22.6 Å². The Kier molecular flexibility index (Phi) is 4.57. The van der Waals surface area contributed by atoms with Crippen molar-refractivity contribution in [2.24, 2.45) is 0 Å². The maximum Gasteiger partial charge on any atom is 0.407 e. The van der Waals surface area contributed by atoms with Crippen molar-refractivity contribution in [3.8, 4) is 11.1 Å². The zero-order chi connectivity index (χ0) is 16.1. The molecule has 0 heterocycles. The third-order valence-electron chi connectivity index (χ3n) is 3.93. The topological polar surface area (TPSA) is 67.4 Å². The first-order chi connectivity index (χ1) is 11.3. The number of nitrogens with one attached hydrogen (secondary N) is 2. The molecule has 0 saturated carbocycles. The van der Waals surface area contributed by atoms with Crippen LogP contribution in [0.2, 0.25) is 0 Å². The molecule has 0 fully saturated rings. The number of amides is 2. The van der Waals surface area contributed by atoms with Gasteiger partial charge in [-0.3, -0.25) is 4.79 Å². The number of carbonyl (C=O) groups excluding carboxylic acids is 2. The van der Waals surface area contributed by atoms with Gasteiger partial charge in [-0.15, -0.1) is 0 Å². The molecule has 0 aromatic heterocycles. The van der Waals surface area contributed by atoms with Crippen LogP contribution in [0.3, 0.4) is 0 Å². The summed E-state index contributed by atoms with van der Waals surface area (Å²) in [6.07, 6.45) is 0.985. The summed E-state index contributed by atoms with van der Waals surface area (Å²) in [6, 6.07) is 14.4. The smallest absolute Gasteiger partial charge is 0.407 e. The summed E-state index contributed by atoms with van der Waals surface area (Å²) < 4.78 is 5.27. The van der Waals surface area contributed by atoms with Crippen LogP contribution in [0.5, 0.6) is 0 Å². The number of hydrogen-bond donors (Lipinski definition) is 2. The Labute approximate surface area is 134 Å². The van der Waals surface area contributed by atoms with Crippen molar-refractivity contribution in [3.05, 3.63) is 59.2 Å². The highest BCUT2D eigenvalue weighted by Gasteiger charge is 2.20. The van der Waals surface area contributed by atoms with Crippen molar-refractivity contribution in [2.45, 2.75) is 13.0 Å². The minimum absolute atomic E-state index is 0.240. The summed E-state index contributed by atoms with van der Waals surface area (Å²) in [6.45, 7) is 0.967. The van der Waals surface area contributed by atoms with Crippen molar-refractivity contribution in [3.63, 3.8) is 0 Å². The molecule has 5 heteroatoms. The average Bonchev–Trinajstić information content (AvgIpc) is 2.96. The van der Waals surface area contributed by atoms with Gasteiger partial charge in [0.15, 0.2) is 0 Å². The summed E-state index contributed by atoms with van der Waals surface area (Å²) in [5.41, 5.74) is 6.04. The molecule has 0 unspecified atom stereocenters. The second kappa shape index (κ2) is 6.96. The van der Waals surface area contributed by atoms with Crippen LogP contribution in [0.15, 0.2) is 42.5 Å². The van der Waals surface area contributed by atoms with Crippen LogP contribution in [0, 0.1) is 0 Å². The van der Waals surface area contributed by atoms with Gasteiger partial charge in [-0.2, -0.15) is 0 Å². The number of rotatable bonds is 6. The fourth-order valence-corrected chi connectivity index (χ4v) is 2.85. The Bertz CT molecular complexity index is 728. The highest BCUT2D eigenvalue weighted by Crippen LogP contribution is 2.38. The largest absolute Gasteiger partial charge is 0.445 e. The van der Waals surface area contributed by atoms with Crippen LogP contribution in [-0.4, -0.2) is 25.6 Å². The van der Waals surface area contributed by atoms with Gasteiger partial charge >= 0.3 is 6.09 Å². The lowest BCUT2D eigenvalue weighted by molar-refractivity contribution is -0.109. The minimum atomic E-state index is -0.481. The molecule has 3 rings (SSSR count). The molecule has 5 nitrogen and oxygen atoms in total. The van der Waals surface area contributed by atoms with Crippen molar-refractivity contribution < 1.29 is 14.3 Å². The predicted molar refractivity (Wildman–Crippen MR) is 86.9 cm³/mol. The van der Waals surface area contributed by atoms with Crippen molar-refractivity contribution in [2.75, 3.05) is 13.1 Å². The summed E-state index contributed by atoms with van der Waals surface area (Å²) >= 11 is 0. The van der Waals surface area contributed by atoms with Crippen molar-refractivity contribution in [1.82, 2.24) is 10.6 Å². The van der Waals surface area contributed by atoms with E-state index in [-0.39, 0.29) is 6.61 Å². The number of ether oxygens (including phenoxy) is 1. The number of hydrogen-bond acceptors (Lipinski definition) is 3. The summed E-state index contributed by atoms with van der Waals surface area (Å²) in [5, 5.41) is 5.06. The Morgan fingerprint density at radius 2 is 1.91 bits per heavy atom. The highest BCUT2D eigenvalue weighted by atomic mass is 16.5. The first-order valence-corrected chi connectivity index (χ1v) is 7.56. The van der Waals surface area contributed by atoms with E-state index in [4.69, 9.17) is 4.74 Å². The standard InChI is InChI=1S/C18H18N2O3/c21-12-19-8-9-20-18(22)23-11-14-5-3-7-16-15-6-2-1-4-13(15)10-17(14)16/h1-7,12H,8-11H2,(H,19,21)(H,20,22). The summed E-state index contributed by atoms with van der Waals surface area (Å²) in [4.78, 5) is 21.8. The van der Waals surface area contributed by atoms with Gasteiger partial charge in [0, 0.05) is 13.1 Å². The average molecular weight is 310 g/mol. The highest BCUT2D eigenvalue weighted by molar-refractivity contribution is 5.78. The molecular formula is C18H18N2O3. The maximum absolute atomic E-state index is 11.6. The quantitative estimate of drug-likeness (QED) is 0.542. The van der Waals surface area contributed by atoms with E-state index in [2.05, 4.69) is 28.8 Å². The Morgan fingerprint density at radius 3 is 2.78 bits per heavy atom. The monoisotopic (exact) mass is 310 g/mol. The normalized spacial score (nSPS) is 11.3. The fraction of sp³-hybridized carbons (Fsp3) is 0.222. The molecule has 2 amide bonds. The van der Waals surface area contributed by atoms with Crippen LogP contribution in [0.25, 0.3) is 11.1 Å². The van der Waals surface area contributed by atoms with E-state index in [9.17, 15) is 9.59 Å². The van der Waals surface area contributed by atoms with E-state index in [1.807, 2.05) is 24.3 Å². The lowest BCUT2D eigenvalue weighted by Crippen LogP contribution is -2.31. The van der Waals surface area contributed by atoms with Crippen LogP contribution in [0.4, 0.5) is 4.79 Å². The molecule has 118 valence electrons. The van der Waals surface area contributed by atoms with E-state index in [1.54, 1.807) is 0 Å². The molecule has 2 aromatic rings. The SMILES string of the molecule is O=CNCCNC(=O)OCc1cccc2c1Cc1ccccc1-2. The van der Waals surface area contributed by atoms with Gasteiger partial charge < -0.3 is 15.4 Å². The van der Waals surface area contributed by atoms with Gasteiger partial charge in [0.1, 0.15) is 6.61 Å². The van der Waals surface area contributed by atoms with Gasteiger partial charge in [-0.25, -0.2) is 4.79 Å². The molecule has 2 aromatic carbocycles. The van der Waals surface area contributed by atoms with Gasteiger partial charge in [0.2, 0.25) is 6.41 Å². The van der Waals surface area contributed by atoms with Crippen LogP contribution < -0.4 is 10.6 Å². The van der Waals surface area contributed by atoms with E-state index >= 15 is 0 Å². The van der Waals surface area contributed by atoms with Crippen molar-refractivity contribution >= 4 is 12.5 Å². The molecule has 0 saturated heterocycles. The second-order valence-electron chi connectivity index (χ2n) is 5.35. The zero-order valence-corrected chi connectivity index (χ0v) is 12.7. The van der Waals surface area contributed by atoms with Gasteiger partial charge in [-0.05, 0) is 34.2 Å². The number of alkyl carbamates (subject to hydrolysis) is 1. The Morgan fingerprint density at radius 1 is 1.09 bits per heavy atom. The van der Waals surface area contributed by atoms with Crippen LogP contribution in [0.1, 0.15) is 16.7 Å². The lowest BCUT2D eigenvalue weighted by atomic mass is 10.0. The first kappa shape index (κ1) is 15.1. The van der Waals surface area contributed by atoms with Crippen molar-refractivity contribution in [1.29, 1.82) is 0 Å². The molecule has 2 N–H and O–H groups in total. The molecule has 0 bridgehead atoms. The third kappa shape index (κ3) is 3.34. The number of fused-ring (bicyclic) bond motifs is 3. The maximum atomic E-state index is 11.6. The molecule has 23 heavy (non-hydrogen) atoms. The van der Waals surface area contributed by atoms with E-state index in [1.165, 1.54) is 22.3 Å². The summed E-state index contributed by atoms with van der Waals surface area (Å²) in [7, 11) is 0. The molecule has 0 aliphatic heterocycles. The summed E-state index contributed by atoms with van der Waals surface area (Å²) in [5.74, 6) is 0. The molecule has 1 aliphatic carbocycles. The number of carbonyl (C=O) groups is 2. The van der Waals surface area contributed by atoms with Gasteiger partial charge in [0.25, 0.3) is 0 Å². The third-order valence-corrected chi connectivity index (χ3v) is 3.93. The van der Waals surface area contributed by atoms with E-state index in [0.29, 0.717) is 19.5 Å². The second-order valence-corrected chi connectivity index (χ2v) is 5.35. The first-order valence-electron chi connectivity index (χ1n) is 7.56. The van der Waals surface area contributed by atoms with E-state index < -0.39 is 6.09 Å². The molecule has 0 spiro atoms. The minimum Gasteiger partial charge on any atom is -0.445 e. The Hall–Kier alpha value is -2.82. The van der Waals surface area contributed by atoms with Gasteiger partial charge in [0.05, 0.1) is 0 Å². The lowest BCUT2D eigenvalue weighted by Gasteiger charge is -2.10. The molecular weight excluding hydrogens is 292 g/mol.